The fraction of sp³-hybridized carbons (Fsp3) is 0.517. The van der Waals surface area contributed by atoms with Gasteiger partial charge in [-0.25, -0.2) is 4.98 Å². The molecule has 1 aliphatic heterocycles. The van der Waals surface area contributed by atoms with Crippen LogP contribution in [0.2, 0.25) is 0 Å². The van der Waals surface area contributed by atoms with E-state index in [1.807, 2.05) is 12.4 Å². The largest absolute Gasteiger partial charge is 0.391 e. The molecule has 0 aliphatic carbocycles. The van der Waals surface area contributed by atoms with Crippen LogP contribution < -0.4 is 10.6 Å². The Morgan fingerprint density at radius 1 is 1.25 bits per heavy atom. The zero-order valence-corrected chi connectivity index (χ0v) is 23.4. The van der Waals surface area contributed by atoms with Gasteiger partial charge in [0.1, 0.15) is 0 Å². The van der Waals surface area contributed by atoms with Crippen LogP contribution >= 0.6 is 11.3 Å². The molecule has 6 nitrogen and oxygen atoms in total. The minimum atomic E-state index is -0.477. The molecular formula is C29H42N4O2S. The first-order valence-electron chi connectivity index (χ1n) is 12.8. The van der Waals surface area contributed by atoms with E-state index in [9.17, 15) is 9.90 Å². The van der Waals surface area contributed by atoms with E-state index < -0.39 is 6.10 Å². The summed E-state index contributed by atoms with van der Waals surface area (Å²) in [6.45, 7) is 21.2. The third-order valence-electron chi connectivity index (χ3n) is 6.85. The molecule has 1 aromatic carbocycles. The smallest absolute Gasteiger partial charge is 0.217 e. The molecule has 1 unspecified atom stereocenters. The van der Waals surface area contributed by atoms with Crippen LogP contribution in [-0.4, -0.2) is 45.6 Å². The molecule has 4 atom stereocenters. The summed E-state index contributed by atoms with van der Waals surface area (Å²) in [6.07, 6.45) is 2.09. The molecular weight excluding hydrogens is 468 g/mol. The minimum absolute atomic E-state index is 0.0932. The lowest BCUT2D eigenvalue weighted by Crippen LogP contribution is -2.50. The number of aromatic nitrogens is 1. The van der Waals surface area contributed by atoms with E-state index in [1.54, 1.807) is 11.3 Å². The standard InChI is InChI=1S/C29H42N4O2S/c1-9-10-25(22-11-13-23(14-12-22)27-19(3)30-17-36-27)31-18(2)26-15-24(35)16-33(26)20(4)28(29(6,7)8)32-21(5)34/h11-14,17,24-26,28,31,35H,2,4,9-10,15-16H2,1,3,5-8H3,(H,32,34)/t24-,25+,26+,28?/m1/s1. The summed E-state index contributed by atoms with van der Waals surface area (Å²) in [5, 5.41) is 17.3. The van der Waals surface area contributed by atoms with Crippen molar-refractivity contribution in [2.45, 2.75) is 85.0 Å². The summed E-state index contributed by atoms with van der Waals surface area (Å²) < 4.78 is 0. The van der Waals surface area contributed by atoms with Crippen LogP contribution in [0.15, 0.2) is 54.3 Å². The number of aliphatic hydroxyl groups is 1. The van der Waals surface area contributed by atoms with E-state index in [0.717, 1.165) is 29.9 Å². The maximum Gasteiger partial charge on any atom is 0.217 e. The number of nitrogens with one attached hydrogen (secondary N) is 2. The first kappa shape index (κ1) is 27.9. The van der Waals surface area contributed by atoms with Crippen molar-refractivity contribution in [3.8, 4) is 10.4 Å². The van der Waals surface area contributed by atoms with Crippen LogP contribution in [-0.2, 0) is 4.79 Å². The molecule has 0 saturated carbocycles. The van der Waals surface area contributed by atoms with Gasteiger partial charge in [0.15, 0.2) is 0 Å². The molecule has 7 heteroatoms. The number of β-amino-alcohol motifs (C(OH)–C–C–N with tert-alkyl or cyclic N) is 1. The van der Waals surface area contributed by atoms with Crippen molar-refractivity contribution in [3.63, 3.8) is 0 Å². The molecule has 1 aliphatic rings. The topological polar surface area (TPSA) is 77.5 Å². The summed E-state index contributed by atoms with van der Waals surface area (Å²) in [4.78, 5) is 19.6. The first-order valence-corrected chi connectivity index (χ1v) is 13.7. The summed E-state index contributed by atoms with van der Waals surface area (Å²) >= 11 is 1.66. The van der Waals surface area contributed by atoms with E-state index in [2.05, 4.69) is 85.6 Å². The molecule has 2 aromatic rings. The number of benzene rings is 1. The summed E-state index contributed by atoms with van der Waals surface area (Å²) in [5.74, 6) is -0.0932. The van der Waals surface area contributed by atoms with Crippen molar-refractivity contribution >= 4 is 17.2 Å². The second-order valence-electron chi connectivity index (χ2n) is 10.9. The van der Waals surface area contributed by atoms with Crippen molar-refractivity contribution in [1.82, 2.24) is 20.5 Å². The van der Waals surface area contributed by atoms with Gasteiger partial charge in [-0.15, -0.1) is 11.3 Å². The van der Waals surface area contributed by atoms with E-state index in [0.29, 0.717) is 13.0 Å². The number of nitrogens with zero attached hydrogens (tertiary/aromatic N) is 2. The Hall–Kier alpha value is -2.64. The molecule has 0 spiro atoms. The van der Waals surface area contributed by atoms with Crippen LogP contribution in [0.4, 0.5) is 0 Å². The van der Waals surface area contributed by atoms with Crippen LogP contribution in [0, 0.1) is 12.3 Å². The summed E-state index contributed by atoms with van der Waals surface area (Å²) in [7, 11) is 0. The molecule has 196 valence electrons. The Kier molecular flexibility index (Phi) is 9.01. The second-order valence-corrected chi connectivity index (χ2v) is 11.8. The molecule has 1 aromatic heterocycles. The van der Waals surface area contributed by atoms with Gasteiger partial charge >= 0.3 is 0 Å². The normalized spacial score (nSPS) is 19.6. The average Bonchev–Trinajstić information content (AvgIpc) is 3.41. The van der Waals surface area contributed by atoms with Crippen LogP contribution in [0.1, 0.15) is 71.2 Å². The predicted molar refractivity (Wildman–Crippen MR) is 150 cm³/mol. The number of carbonyl (C=O) groups excluding carboxylic acids is 1. The van der Waals surface area contributed by atoms with Crippen molar-refractivity contribution in [1.29, 1.82) is 0 Å². The highest BCUT2D eigenvalue weighted by Gasteiger charge is 2.39. The highest BCUT2D eigenvalue weighted by Crippen LogP contribution is 2.34. The highest BCUT2D eigenvalue weighted by molar-refractivity contribution is 7.13. The monoisotopic (exact) mass is 510 g/mol. The Morgan fingerprint density at radius 3 is 2.44 bits per heavy atom. The van der Waals surface area contributed by atoms with Gasteiger partial charge in [0.25, 0.3) is 0 Å². The number of hydrogen-bond donors (Lipinski definition) is 3. The predicted octanol–water partition coefficient (Wildman–Crippen LogP) is 5.56. The lowest BCUT2D eigenvalue weighted by Gasteiger charge is -2.40. The van der Waals surface area contributed by atoms with Crippen molar-refractivity contribution in [2.24, 2.45) is 5.41 Å². The molecule has 0 bridgehead atoms. The Bertz CT molecular complexity index is 1070. The van der Waals surface area contributed by atoms with E-state index in [-0.39, 0.29) is 29.4 Å². The fourth-order valence-electron chi connectivity index (χ4n) is 5.01. The number of amides is 1. The number of thiazole rings is 1. The maximum atomic E-state index is 11.9. The molecule has 36 heavy (non-hydrogen) atoms. The highest BCUT2D eigenvalue weighted by atomic mass is 32.1. The first-order chi connectivity index (χ1) is 16.9. The zero-order valence-electron chi connectivity index (χ0n) is 22.6. The van der Waals surface area contributed by atoms with Gasteiger partial charge in [-0.05, 0) is 29.9 Å². The van der Waals surface area contributed by atoms with Gasteiger partial charge in [-0.2, -0.15) is 0 Å². The molecule has 3 rings (SSSR count). The number of carbonyl (C=O) groups is 1. The quantitative estimate of drug-likeness (QED) is 0.390. The van der Waals surface area contributed by atoms with Gasteiger partial charge in [0.05, 0.1) is 40.3 Å². The van der Waals surface area contributed by atoms with E-state index in [1.165, 1.54) is 22.9 Å². The molecule has 3 N–H and O–H groups in total. The van der Waals surface area contributed by atoms with Gasteiger partial charge in [0, 0.05) is 31.3 Å². The second kappa shape index (κ2) is 11.6. The fourth-order valence-corrected chi connectivity index (χ4v) is 5.82. The Balaban J connectivity index is 1.79. The molecule has 1 saturated heterocycles. The number of likely N-dealkylation sites (tertiary alicyclic amines) is 1. The van der Waals surface area contributed by atoms with Gasteiger partial charge < -0.3 is 20.6 Å². The third-order valence-corrected chi connectivity index (χ3v) is 7.83. The number of aryl methyl sites for hydroxylation is 1. The minimum Gasteiger partial charge on any atom is -0.391 e. The SMILES string of the molecule is C=C(N[C@@H](CCC)c1ccc(-c2scnc2C)cc1)[C@@H]1C[C@@H](O)CN1C(=C)C(NC(C)=O)C(C)(C)C. The molecule has 1 fully saturated rings. The van der Waals surface area contributed by atoms with Crippen LogP contribution in [0.5, 0.6) is 0 Å². The third kappa shape index (κ3) is 6.56. The number of aliphatic hydroxyl groups excluding tert-OH is 1. The molecule has 1 amide bonds. The summed E-state index contributed by atoms with van der Waals surface area (Å²) in [5.41, 5.74) is 6.77. The molecule has 0 radical (unpaired) electrons. The van der Waals surface area contributed by atoms with Crippen molar-refractivity contribution in [3.05, 3.63) is 65.6 Å². The lowest BCUT2D eigenvalue weighted by atomic mass is 9.84. The summed E-state index contributed by atoms with van der Waals surface area (Å²) in [6, 6.07) is 8.45. The molecule has 2 heterocycles. The van der Waals surface area contributed by atoms with E-state index >= 15 is 0 Å². The van der Waals surface area contributed by atoms with Gasteiger partial charge in [0.2, 0.25) is 5.91 Å². The number of rotatable bonds is 10. The average molecular weight is 511 g/mol. The van der Waals surface area contributed by atoms with Gasteiger partial charge in [-0.3, -0.25) is 4.79 Å². The number of hydrogen-bond acceptors (Lipinski definition) is 6. The maximum absolute atomic E-state index is 11.9. The van der Waals surface area contributed by atoms with E-state index in [4.69, 9.17) is 0 Å². The Morgan fingerprint density at radius 2 is 1.92 bits per heavy atom. The lowest BCUT2D eigenvalue weighted by molar-refractivity contribution is -0.120. The van der Waals surface area contributed by atoms with Crippen LogP contribution in [0.3, 0.4) is 0 Å². The van der Waals surface area contributed by atoms with Gasteiger partial charge in [-0.1, -0.05) is 71.5 Å². The van der Waals surface area contributed by atoms with Crippen molar-refractivity contribution in [2.75, 3.05) is 6.54 Å². The Labute approximate surface area is 220 Å². The zero-order chi connectivity index (χ0) is 26.6. The van der Waals surface area contributed by atoms with Crippen molar-refractivity contribution < 1.29 is 9.90 Å². The van der Waals surface area contributed by atoms with Crippen LogP contribution in [0.25, 0.3) is 10.4 Å².